The van der Waals surface area contributed by atoms with E-state index in [1.165, 1.54) is 0 Å². The third-order valence-corrected chi connectivity index (χ3v) is 1.63. The van der Waals surface area contributed by atoms with E-state index in [4.69, 9.17) is 0 Å². The summed E-state index contributed by atoms with van der Waals surface area (Å²) in [5.41, 5.74) is 0.767. The molecule has 0 bridgehead atoms. The van der Waals surface area contributed by atoms with Crippen LogP contribution in [0.5, 0.6) is 0 Å². The van der Waals surface area contributed by atoms with E-state index in [9.17, 15) is 4.79 Å². The van der Waals surface area contributed by atoms with Crippen molar-refractivity contribution in [2.45, 2.75) is 0 Å². The molecule has 0 aromatic carbocycles. The number of rotatable bonds is 0. The van der Waals surface area contributed by atoms with Gasteiger partial charge in [0.05, 0.1) is 11.9 Å². The molecule has 2 heterocycles. The summed E-state index contributed by atoms with van der Waals surface area (Å²) in [5, 5.41) is 0. The zero-order valence-corrected chi connectivity index (χ0v) is 6.34. The topological polar surface area (TPSA) is 45.0 Å². The Hall–Kier alpha value is -1.71. The second-order valence-corrected chi connectivity index (χ2v) is 2.42. The standard InChI is InChI=1S/C8H7N3O/c12-8-6-9-2-1-7-5-10-3-4-11(7)8/h1-5H,6H2. The fourth-order valence-electron chi connectivity index (χ4n) is 1.06. The molecule has 0 saturated carbocycles. The highest BCUT2D eigenvalue weighted by atomic mass is 16.2. The van der Waals surface area contributed by atoms with Crippen molar-refractivity contribution in [1.29, 1.82) is 0 Å². The number of carbonyl (C=O) groups is 1. The molecule has 0 atom stereocenters. The summed E-state index contributed by atoms with van der Waals surface area (Å²) < 4.78 is 0. The lowest BCUT2D eigenvalue weighted by Gasteiger charge is -2.18. The first-order chi connectivity index (χ1) is 5.88. The maximum absolute atomic E-state index is 11.3. The van der Waals surface area contributed by atoms with Gasteiger partial charge in [-0.1, -0.05) is 0 Å². The molecular weight excluding hydrogens is 154 g/mol. The van der Waals surface area contributed by atoms with Gasteiger partial charge in [-0.15, -0.1) is 0 Å². The zero-order valence-electron chi connectivity index (χ0n) is 6.34. The van der Waals surface area contributed by atoms with E-state index >= 15 is 0 Å². The molecule has 4 heteroatoms. The van der Waals surface area contributed by atoms with Gasteiger partial charge in [0.25, 0.3) is 5.91 Å². The van der Waals surface area contributed by atoms with Crippen molar-refractivity contribution in [2.24, 2.45) is 9.98 Å². The summed E-state index contributed by atoms with van der Waals surface area (Å²) in [6.07, 6.45) is 8.24. The minimum absolute atomic E-state index is 0.0302. The number of fused-ring (bicyclic) bond motifs is 1. The molecule has 0 N–H and O–H groups in total. The van der Waals surface area contributed by atoms with Crippen LogP contribution in [0.3, 0.4) is 0 Å². The first-order valence-electron chi connectivity index (χ1n) is 3.60. The van der Waals surface area contributed by atoms with Crippen molar-refractivity contribution < 1.29 is 4.79 Å². The van der Waals surface area contributed by atoms with Crippen LogP contribution in [0.4, 0.5) is 0 Å². The smallest absolute Gasteiger partial charge is 0.252 e. The van der Waals surface area contributed by atoms with Crippen LogP contribution in [0.25, 0.3) is 0 Å². The average Bonchev–Trinajstić information content (AvgIpc) is 2.29. The van der Waals surface area contributed by atoms with Crippen LogP contribution in [-0.4, -0.2) is 29.8 Å². The largest absolute Gasteiger partial charge is 0.283 e. The van der Waals surface area contributed by atoms with Crippen molar-refractivity contribution >= 4 is 18.3 Å². The molecule has 0 aromatic rings. The van der Waals surface area contributed by atoms with E-state index in [2.05, 4.69) is 9.98 Å². The molecule has 1 amide bonds. The quantitative estimate of drug-likeness (QED) is 0.505. The molecule has 0 radical (unpaired) electrons. The molecular formula is C8H7N3O. The Kier molecular flexibility index (Phi) is 1.59. The maximum Gasteiger partial charge on any atom is 0.252 e. The molecule has 0 unspecified atom stereocenters. The molecule has 2 aliphatic heterocycles. The van der Waals surface area contributed by atoms with Gasteiger partial charge in [-0.25, -0.2) is 0 Å². The lowest BCUT2D eigenvalue weighted by molar-refractivity contribution is -0.125. The van der Waals surface area contributed by atoms with Crippen LogP contribution < -0.4 is 0 Å². The Morgan fingerprint density at radius 1 is 1.50 bits per heavy atom. The normalized spacial score (nSPS) is 20.5. The highest BCUT2D eigenvalue weighted by Gasteiger charge is 2.16. The van der Waals surface area contributed by atoms with Gasteiger partial charge in [0, 0.05) is 18.6 Å². The van der Waals surface area contributed by atoms with Gasteiger partial charge in [-0.05, 0) is 6.08 Å². The molecule has 0 spiro atoms. The second kappa shape index (κ2) is 2.73. The Balaban J connectivity index is 2.38. The van der Waals surface area contributed by atoms with Gasteiger partial charge in [-0.3, -0.25) is 19.7 Å². The maximum atomic E-state index is 11.3. The van der Waals surface area contributed by atoms with Crippen molar-refractivity contribution in [3.63, 3.8) is 0 Å². The van der Waals surface area contributed by atoms with Crippen LogP contribution in [0, 0.1) is 0 Å². The molecule has 0 fully saturated rings. The van der Waals surface area contributed by atoms with Crippen LogP contribution in [0.1, 0.15) is 0 Å². The second-order valence-electron chi connectivity index (χ2n) is 2.42. The van der Waals surface area contributed by atoms with Crippen LogP contribution in [0.2, 0.25) is 0 Å². The molecule has 0 aliphatic carbocycles. The fraction of sp³-hybridized carbons (Fsp3) is 0.125. The number of nitrogens with zero attached hydrogens (tertiary/aromatic N) is 3. The number of hydrogen-bond donors (Lipinski definition) is 0. The lowest BCUT2D eigenvalue weighted by atomic mass is 10.3. The first kappa shape index (κ1) is 6.97. The Morgan fingerprint density at radius 3 is 3.33 bits per heavy atom. The highest BCUT2D eigenvalue weighted by molar-refractivity contribution is 5.96. The van der Waals surface area contributed by atoms with E-state index in [1.807, 2.05) is 0 Å². The van der Waals surface area contributed by atoms with Gasteiger partial charge >= 0.3 is 0 Å². The van der Waals surface area contributed by atoms with E-state index in [0.29, 0.717) is 0 Å². The van der Waals surface area contributed by atoms with Gasteiger partial charge in [-0.2, -0.15) is 0 Å². The molecule has 60 valence electrons. The van der Waals surface area contributed by atoms with Crippen LogP contribution in [0.15, 0.2) is 34.2 Å². The molecule has 2 aliphatic rings. The number of hydrogen-bond acceptors (Lipinski definition) is 3. The Labute approximate surface area is 69.6 Å². The third-order valence-electron chi connectivity index (χ3n) is 1.63. The van der Waals surface area contributed by atoms with E-state index in [-0.39, 0.29) is 12.5 Å². The van der Waals surface area contributed by atoms with Gasteiger partial charge in [0.1, 0.15) is 6.54 Å². The number of allylic oxidation sites excluding steroid dienone is 2. The summed E-state index contributed by atoms with van der Waals surface area (Å²) in [6.45, 7) is 0.207. The van der Waals surface area contributed by atoms with E-state index in [0.717, 1.165) is 5.70 Å². The third kappa shape index (κ3) is 1.07. The minimum atomic E-state index is -0.0302. The lowest BCUT2D eigenvalue weighted by Crippen LogP contribution is -2.27. The molecule has 0 saturated heterocycles. The van der Waals surface area contributed by atoms with E-state index < -0.39 is 0 Å². The Bertz CT molecular complexity index is 325. The van der Waals surface area contributed by atoms with Crippen LogP contribution >= 0.6 is 0 Å². The number of aliphatic imine (C=N–C) groups is 2. The first-order valence-corrected chi connectivity index (χ1v) is 3.60. The molecule has 12 heavy (non-hydrogen) atoms. The number of amides is 1. The Morgan fingerprint density at radius 2 is 2.42 bits per heavy atom. The van der Waals surface area contributed by atoms with Gasteiger partial charge in [0.2, 0.25) is 0 Å². The summed E-state index contributed by atoms with van der Waals surface area (Å²) in [4.78, 5) is 20.6. The van der Waals surface area contributed by atoms with Gasteiger partial charge in [0.15, 0.2) is 0 Å². The molecule has 0 aromatic heterocycles. The van der Waals surface area contributed by atoms with Crippen molar-refractivity contribution in [3.05, 3.63) is 24.2 Å². The number of carbonyl (C=O) groups excluding carboxylic acids is 1. The molecule has 4 nitrogen and oxygen atoms in total. The summed E-state index contributed by atoms with van der Waals surface area (Å²) >= 11 is 0. The minimum Gasteiger partial charge on any atom is -0.283 e. The average molecular weight is 161 g/mol. The fourth-order valence-corrected chi connectivity index (χ4v) is 1.06. The van der Waals surface area contributed by atoms with Crippen LogP contribution in [-0.2, 0) is 4.79 Å². The molecule has 2 rings (SSSR count). The summed E-state index contributed by atoms with van der Waals surface area (Å²) in [7, 11) is 0. The predicted octanol–water partition coefficient (Wildman–Crippen LogP) is 0.339. The van der Waals surface area contributed by atoms with Crippen molar-refractivity contribution in [3.8, 4) is 0 Å². The SMILES string of the molecule is O=C1CN=CC=C2C=NC=CN12. The van der Waals surface area contributed by atoms with E-state index in [1.54, 1.807) is 35.8 Å². The van der Waals surface area contributed by atoms with Gasteiger partial charge < -0.3 is 0 Å². The summed E-state index contributed by atoms with van der Waals surface area (Å²) in [6, 6.07) is 0. The zero-order chi connectivity index (χ0) is 8.39. The van der Waals surface area contributed by atoms with Crippen molar-refractivity contribution in [2.75, 3.05) is 6.54 Å². The monoisotopic (exact) mass is 161 g/mol. The summed E-state index contributed by atoms with van der Waals surface area (Å²) in [5.74, 6) is -0.0302. The predicted molar refractivity (Wildman–Crippen MR) is 45.9 cm³/mol. The highest BCUT2D eigenvalue weighted by Crippen LogP contribution is 2.09. The van der Waals surface area contributed by atoms with Crippen molar-refractivity contribution in [1.82, 2.24) is 4.90 Å².